The van der Waals surface area contributed by atoms with Crippen molar-refractivity contribution in [3.8, 4) is 5.75 Å². The molecule has 2 aliphatic heterocycles. The normalized spacial score (nSPS) is 32.2. The number of aliphatic hydroxyl groups excluding tert-OH is 1. The van der Waals surface area contributed by atoms with E-state index >= 15 is 0 Å². The molecule has 1 aromatic rings. The Hall–Kier alpha value is -2.00. The molecule has 0 amide bonds. The fourth-order valence-electron chi connectivity index (χ4n) is 7.63. The zero-order chi connectivity index (χ0) is 32.3. The number of hydrogen-bond acceptors (Lipinski definition) is 7. The highest BCUT2D eigenvalue weighted by Gasteiger charge is 2.55. The lowest BCUT2D eigenvalue weighted by molar-refractivity contribution is -0.229. The number of phenols is 1. The molecule has 0 bridgehead atoms. The van der Waals surface area contributed by atoms with Crippen LogP contribution in [0.5, 0.6) is 5.75 Å². The molecule has 0 saturated carbocycles. The molecule has 8 heteroatoms. The Kier molecular flexibility index (Phi) is 11.9. The second-order valence-electron chi connectivity index (χ2n) is 13.4. The van der Waals surface area contributed by atoms with Gasteiger partial charge >= 0.3 is 5.97 Å². The van der Waals surface area contributed by atoms with Crippen LogP contribution in [0.2, 0.25) is 0 Å². The van der Waals surface area contributed by atoms with Crippen molar-refractivity contribution < 1.29 is 39.5 Å². The van der Waals surface area contributed by atoms with Crippen molar-refractivity contribution in [2.45, 2.75) is 149 Å². The molecule has 8 nitrogen and oxygen atoms in total. The number of carboxylic acid groups (broad SMARTS) is 1. The van der Waals surface area contributed by atoms with E-state index in [4.69, 9.17) is 9.47 Å². The average molecular weight is 605 g/mol. The van der Waals surface area contributed by atoms with Gasteiger partial charge in [0.2, 0.25) is 0 Å². The van der Waals surface area contributed by atoms with Crippen molar-refractivity contribution in [2.75, 3.05) is 0 Å². The number of benzene rings is 1. The summed E-state index contributed by atoms with van der Waals surface area (Å²) >= 11 is 0. The van der Waals surface area contributed by atoms with Crippen LogP contribution < -0.4 is 0 Å². The van der Waals surface area contributed by atoms with Gasteiger partial charge < -0.3 is 29.9 Å². The maximum absolute atomic E-state index is 14.0. The Labute approximate surface area is 258 Å². The van der Waals surface area contributed by atoms with Gasteiger partial charge in [0.05, 0.1) is 35.6 Å². The van der Waals surface area contributed by atoms with E-state index in [1.54, 1.807) is 26.0 Å². The van der Waals surface area contributed by atoms with Crippen molar-refractivity contribution in [1.82, 2.24) is 0 Å². The quantitative estimate of drug-likeness (QED) is 0.196. The van der Waals surface area contributed by atoms with E-state index in [9.17, 15) is 30.0 Å². The van der Waals surface area contributed by atoms with Crippen LogP contribution in [-0.2, 0) is 20.7 Å². The fourth-order valence-corrected chi connectivity index (χ4v) is 7.63. The lowest BCUT2D eigenvalue weighted by Crippen LogP contribution is -2.55. The van der Waals surface area contributed by atoms with Crippen LogP contribution in [0.1, 0.15) is 121 Å². The molecular formula is C35H56O8. The minimum Gasteiger partial charge on any atom is -0.507 e. The first-order valence-electron chi connectivity index (χ1n) is 16.5. The number of ketones is 1. The van der Waals surface area contributed by atoms with E-state index in [0.717, 1.165) is 19.3 Å². The lowest BCUT2D eigenvalue weighted by atomic mass is 9.75. The predicted molar refractivity (Wildman–Crippen MR) is 166 cm³/mol. The summed E-state index contributed by atoms with van der Waals surface area (Å²) in [5, 5.41) is 42.2. The number of aromatic hydroxyl groups is 1. The van der Waals surface area contributed by atoms with Gasteiger partial charge in [-0.3, -0.25) is 4.79 Å². The Balaban J connectivity index is 1.73. The second-order valence-corrected chi connectivity index (χ2v) is 13.4. The number of Topliss-reactive ketones (excluding diaryl/α,β-unsaturated/α-hetero) is 1. The maximum Gasteiger partial charge on any atom is 0.339 e. The minimum absolute atomic E-state index is 0.00491. The van der Waals surface area contributed by atoms with Crippen molar-refractivity contribution in [2.24, 2.45) is 23.7 Å². The van der Waals surface area contributed by atoms with Crippen LogP contribution >= 0.6 is 0 Å². The van der Waals surface area contributed by atoms with Gasteiger partial charge in [-0.25, -0.2) is 4.79 Å². The molecule has 0 unspecified atom stereocenters. The van der Waals surface area contributed by atoms with Gasteiger partial charge in [0.25, 0.3) is 0 Å². The van der Waals surface area contributed by atoms with Gasteiger partial charge in [-0.1, -0.05) is 60.1 Å². The van der Waals surface area contributed by atoms with Gasteiger partial charge in [0, 0.05) is 11.8 Å². The highest BCUT2D eigenvalue weighted by Crippen LogP contribution is 2.49. The summed E-state index contributed by atoms with van der Waals surface area (Å²) in [7, 11) is 0. The van der Waals surface area contributed by atoms with E-state index in [1.165, 1.54) is 0 Å². The third kappa shape index (κ3) is 7.13. The van der Waals surface area contributed by atoms with Gasteiger partial charge in [-0.2, -0.15) is 0 Å². The molecule has 2 fully saturated rings. The van der Waals surface area contributed by atoms with Crippen LogP contribution in [0.3, 0.4) is 0 Å². The molecule has 2 heterocycles. The number of carboxylic acids is 1. The SMILES string of the molecule is CC[C@@H]1C[C@@](CC)([C@H]2CC[C@@](O)(CC)[C@H](C)O2)O[C@@H]1[C@@H](CC)C(=O)[C@@H](C)[C@@H](O)[C@H](C)CCc1ccc(C)c(O)c1C(=O)O. The molecule has 0 aromatic heterocycles. The Morgan fingerprint density at radius 2 is 1.79 bits per heavy atom. The molecule has 0 radical (unpaired) electrons. The van der Waals surface area contributed by atoms with Crippen LogP contribution in [-0.4, -0.2) is 67.8 Å². The first-order chi connectivity index (χ1) is 20.2. The largest absolute Gasteiger partial charge is 0.507 e. The Morgan fingerprint density at radius 3 is 2.33 bits per heavy atom. The summed E-state index contributed by atoms with van der Waals surface area (Å²) < 4.78 is 13.4. The third-order valence-corrected chi connectivity index (χ3v) is 11.0. The highest BCUT2D eigenvalue weighted by atomic mass is 16.6. The molecule has 2 saturated heterocycles. The van der Waals surface area contributed by atoms with E-state index in [-0.39, 0.29) is 53.2 Å². The molecule has 4 N–H and O–H groups in total. The maximum atomic E-state index is 14.0. The smallest absolute Gasteiger partial charge is 0.339 e. The summed E-state index contributed by atoms with van der Waals surface area (Å²) in [5.74, 6) is -2.48. The van der Waals surface area contributed by atoms with Gasteiger partial charge in [-0.15, -0.1) is 0 Å². The monoisotopic (exact) mass is 604 g/mol. The van der Waals surface area contributed by atoms with Crippen LogP contribution in [0, 0.1) is 30.6 Å². The van der Waals surface area contributed by atoms with Crippen molar-refractivity contribution in [3.63, 3.8) is 0 Å². The van der Waals surface area contributed by atoms with Crippen molar-refractivity contribution in [1.29, 1.82) is 0 Å². The van der Waals surface area contributed by atoms with E-state index < -0.39 is 29.2 Å². The highest BCUT2D eigenvalue weighted by molar-refractivity contribution is 5.93. The summed E-state index contributed by atoms with van der Waals surface area (Å²) in [4.78, 5) is 25.8. The lowest BCUT2D eigenvalue weighted by Gasteiger charge is -2.47. The number of carbonyl (C=O) groups is 2. The van der Waals surface area contributed by atoms with Gasteiger partial charge in [0.1, 0.15) is 17.1 Å². The molecule has 0 aliphatic carbocycles. The number of aliphatic hydroxyl groups is 2. The number of hydrogen-bond donors (Lipinski definition) is 4. The fraction of sp³-hybridized carbons (Fsp3) is 0.771. The number of ether oxygens (including phenoxy) is 2. The first kappa shape index (κ1) is 35.5. The standard InChI is InChI=1S/C35H56O8/c1-9-24-19-35(12-4,27-17-18-34(41,11-3)23(8)42-27)43-32(24)26(10-2)31(38)22(7)29(36)20(5)13-15-25-16-14-21(6)30(37)28(25)33(39)40/h14,16,20,22-24,26-27,29,32,36-37,41H,9-13,15,17-19H2,1-8H3,(H,39,40)/t20-,22+,23+,24-,26+,27-,29+,32+,34+,35+/m1/s1. The molecule has 0 spiro atoms. The predicted octanol–water partition coefficient (Wildman–Crippen LogP) is 6.23. The first-order valence-corrected chi connectivity index (χ1v) is 16.5. The summed E-state index contributed by atoms with van der Waals surface area (Å²) in [5.41, 5.74) is -0.433. The third-order valence-electron chi connectivity index (χ3n) is 11.0. The summed E-state index contributed by atoms with van der Waals surface area (Å²) in [6.45, 7) is 15.5. The summed E-state index contributed by atoms with van der Waals surface area (Å²) in [6, 6.07) is 3.41. The van der Waals surface area contributed by atoms with Gasteiger partial charge in [-0.05, 0) is 88.2 Å². The molecule has 244 valence electrons. The Morgan fingerprint density at radius 1 is 1.12 bits per heavy atom. The van der Waals surface area contributed by atoms with Crippen molar-refractivity contribution in [3.05, 3.63) is 28.8 Å². The molecule has 43 heavy (non-hydrogen) atoms. The molecule has 1 aromatic carbocycles. The van der Waals surface area contributed by atoms with Crippen LogP contribution in [0.15, 0.2) is 12.1 Å². The average Bonchev–Trinajstić information content (AvgIpc) is 3.38. The Bertz CT molecular complexity index is 1120. The molecule has 10 atom stereocenters. The number of aryl methyl sites for hydroxylation is 2. The molecule has 2 aliphatic rings. The van der Waals surface area contributed by atoms with Gasteiger partial charge in [0.15, 0.2) is 0 Å². The zero-order valence-corrected chi connectivity index (χ0v) is 27.6. The van der Waals surface area contributed by atoms with E-state index in [0.29, 0.717) is 49.7 Å². The van der Waals surface area contributed by atoms with Crippen molar-refractivity contribution >= 4 is 11.8 Å². The van der Waals surface area contributed by atoms with E-state index in [2.05, 4.69) is 13.8 Å². The second kappa shape index (κ2) is 14.4. The number of aromatic carboxylic acids is 1. The topological polar surface area (TPSA) is 134 Å². The summed E-state index contributed by atoms with van der Waals surface area (Å²) in [6.07, 6.45) is 4.27. The molecular weight excluding hydrogens is 548 g/mol. The van der Waals surface area contributed by atoms with Crippen LogP contribution in [0.4, 0.5) is 0 Å². The molecule has 3 rings (SSSR count). The van der Waals surface area contributed by atoms with Crippen LogP contribution in [0.25, 0.3) is 0 Å². The number of rotatable bonds is 14. The number of carbonyl (C=O) groups excluding carboxylic acids is 1. The van der Waals surface area contributed by atoms with E-state index in [1.807, 2.05) is 27.7 Å². The zero-order valence-electron chi connectivity index (χ0n) is 27.6. The minimum atomic E-state index is -1.18.